The lowest BCUT2D eigenvalue weighted by atomic mass is 10.2. The summed E-state index contributed by atoms with van der Waals surface area (Å²) in [7, 11) is 0. The Hall–Kier alpha value is -2.38. The number of hydrogen-bond acceptors (Lipinski definition) is 6. The molecule has 3 aromatic rings. The van der Waals surface area contributed by atoms with Gasteiger partial charge in [-0.1, -0.05) is 18.2 Å². The SMILES string of the molecule is O=C(Nc1nc(-c2cccs2)cs1)[C@H]1COc2ccccc2O1. The van der Waals surface area contributed by atoms with E-state index < -0.39 is 6.10 Å². The summed E-state index contributed by atoms with van der Waals surface area (Å²) in [5.74, 6) is 0.981. The highest BCUT2D eigenvalue weighted by Crippen LogP contribution is 2.32. The monoisotopic (exact) mass is 344 g/mol. The number of benzene rings is 1. The highest BCUT2D eigenvalue weighted by molar-refractivity contribution is 7.16. The fourth-order valence-electron chi connectivity index (χ4n) is 2.20. The highest BCUT2D eigenvalue weighted by Gasteiger charge is 2.27. The molecule has 0 fully saturated rings. The van der Waals surface area contributed by atoms with Crippen molar-refractivity contribution in [1.82, 2.24) is 4.98 Å². The fourth-order valence-corrected chi connectivity index (χ4v) is 3.68. The van der Waals surface area contributed by atoms with Crippen molar-refractivity contribution in [3.8, 4) is 22.1 Å². The molecule has 0 spiro atoms. The number of nitrogens with zero attached hydrogens (tertiary/aromatic N) is 1. The summed E-state index contributed by atoms with van der Waals surface area (Å²) in [5.41, 5.74) is 0.867. The van der Waals surface area contributed by atoms with E-state index in [0.717, 1.165) is 10.6 Å². The first kappa shape index (κ1) is 14.2. The van der Waals surface area contributed by atoms with Gasteiger partial charge in [0, 0.05) is 5.38 Å². The van der Waals surface area contributed by atoms with Crippen LogP contribution in [-0.4, -0.2) is 23.6 Å². The molecule has 1 aliphatic rings. The molecule has 5 nitrogen and oxygen atoms in total. The molecule has 0 unspecified atom stereocenters. The van der Waals surface area contributed by atoms with E-state index in [2.05, 4.69) is 10.3 Å². The molecule has 116 valence electrons. The molecular formula is C16H12N2O3S2. The van der Waals surface area contributed by atoms with Crippen LogP contribution in [-0.2, 0) is 4.79 Å². The number of carbonyl (C=O) groups is 1. The van der Waals surface area contributed by atoms with Crippen molar-refractivity contribution in [3.63, 3.8) is 0 Å². The van der Waals surface area contributed by atoms with Crippen molar-refractivity contribution in [2.45, 2.75) is 6.10 Å². The Morgan fingerprint density at radius 1 is 1.17 bits per heavy atom. The normalized spacial score (nSPS) is 16.1. The number of aromatic nitrogens is 1. The predicted octanol–water partition coefficient (Wildman–Crippen LogP) is 3.65. The fraction of sp³-hybridized carbons (Fsp3) is 0.125. The largest absolute Gasteiger partial charge is 0.485 e. The second kappa shape index (κ2) is 6.02. The number of amides is 1. The minimum Gasteiger partial charge on any atom is -0.485 e. The van der Waals surface area contributed by atoms with Crippen molar-refractivity contribution in [2.75, 3.05) is 11.9 Å². The van der Waals surface area contributed by atoms with Crippen LogP contribution in [0, 0.1) is 0 Å². The molecule has 0 aliphatic carbocycles. The maximum absolute atomic E-state index is 12.3. The first-order valence-electron chi connectivity index (χ1n) is 6.98. The van der Waals surface area contributed by atoms with E-state index in [0.29, 0.717) is 16.6 Å². The van der Waals surface area contributed by atoms with E-state index in [9.17, 15) is 4.79 Å². The molecular weight excluding hydrogens is 332 g/mol. The summed E-state index contributed by atoms with van der Waals surface area (Å²) in [6, 6.07) is 11.3. The van der Waals surface area contributed by atoms with Crippen LogP contribution >= 0.6 is 22.7 Å². The average molecular weight is 344 g/mol. The average Bonchev–Trinajstić information content (AvgIpc) is 3.25. The molecule has 1 N–H and O–H groups in total. The summed E-state index contributed by atoms with van der Waals surface area (Å²) in [5, 5.41) is 7.27. The number of nitrogens with one attached hydrogen (secondary N) is 1. The third kappa shape index (κ3) is 2.93. The lowest BCUT2D eigenvalue weighted by molar-refractivity contribution is -0.125. The Morgan fingerprint density at radius 3 is 2.87 bits per heavy atom. The van der Waals surface area contributed by atoms with Gasteiger partial charge < -0.3 is 9.47 Å². The molecule has 1 aromatic carbocycles. The van der Waals surface area contributed by atoms with Crippen molar-refractivity contribution >= 4 is 33.7 Å². The third-order valence-corrected chi connectivity index (χ3v) is 4.96. The number of thiophene rings is 1. The third-order valence-electron chi connectivity index (χ3n) is 3.31. The lowest BCUT2D eigenvalue weighted by Gasteiger charge is -2.25. The van der Waals surface area contributed by atoms with E-state index in [1.54, 1.807) is 17.4 Å². The van der Waals surface area contributed by atoms with Gasteiger partial charge >= 0.3 is 0 Å². The van der Waals surface area contributed by atoms with E-state index in [-0.39, 0.29) is 12.5 Å². The van der Waals surface area contributed by atoms with Gasteiger partial charge in [0.1, 0.15) is 6.61 Å². The summed E-state index contributed by atoms with van der Waals surface area (Å²) >= 11 is 3.01. The van der Waals surface area contributed by atoms with Gasteiger partial charge in [0.25, 0.3) is 5.91 Å². The Kier molecular flexibility index (Phi) is 3.72. The standard InChI is InChI=1S/C16H12N2O3S2/c19-15(13-8-20-11-4-1-2-5-12(11)21-13)18-16-17-10(9-23-16)14-6-3-7-22-14/h1-7,9,13H,8H2,(H,17,18,19)/t13-/m1/s1. The van der Waals surface area contributed by atoms with Gasteiger partial charge in [-0.05, 0) is 23.6 Å². The van der Waals surface area contributed by atoms with Crippen LogP contribution in [0.3, 0.4) is 0 Å². The number of carbonyl (C=O) groups excluding carboxylic acids is 1. The molecule has 2 aromatic heterocycles. The smallest absolute Gasteiger partial charge is 0.270 e. The maximum Gasteiger partial charge on any atom is 0.270 e. The number of fused-ring (bicyclic) bond motifs is 1. The maximum atomic E-state index is 12.3. The second-order valence-corrected chi connectivity index (χ2v) is 6.67. The summed E-state index contributed by atoms with van der Waals surface area (Å²) < 4.78 is 11.2. The lowest BCUT2D eigenvalue weighted by Crippen LogP contribution is -2.40. The zero-order valence-corrected chi connectivity index (χ0v) is 13.5. The first-order valence-corrected chi connectivity index (χ1v) is 8.74. The second-order valence-electron chi connectivity index (χ2n) is 4.87. The van der Waals surface area contributed by atoms with Crippen molar-refractivity contribution in [3.05, 3.63) is 47.2 Å². The minimum absolute atomic E-state index is 0.187. The molecule has 23 heavy (non-hydrogen) atoms. The quantitative estimate of drug-likeness (QED) is 0.788. The summed E-state index contributed by atoms with van der Waals surface area (Å²) in [4.78, 5) is 17.8. The number of rotatable bonds is 3. The van der Waals surface area contributed by atoms with Gasteiger partial charge in [-0.3, -0.25) is 10.1 Å². The molecule has 0 saturated heterocycles. The molecule has 3 heterocycles. The number of para-hydroxylation sites is 2. The van der Waals surface area contributed by atoms with Crippen LogP contribution in [0.5, 0.6) is 11.5 Å². The van der Waals surface area contributed by atoms with Gasteiger partial charge in [0.05, 0.1) is 10.6 Å². The molecule has 1 atom stereocenters. The van der Waals surface area contributed by atoms with Crippen LogP contribution in [0.1, 0.15) is 0 Å². The van der Waals surface area contributed by atoms with E-state index >= 15 is 0 Å². The van der Waals surface area contributed by atoms with Crippen LogP contribution in [0.25, 0.3) is 10.6 Å². The van der Waals surface area contributed by atoms with Gasteiger partial charge in [-0.25, -0.2) is 4.98 Å². The number of thiazole rings is 1. The Labute approximate surface area is 140 Å². The Bertz CT molecular complexity index is 829. The first-order chi connectivity index (χ1) is 11.3. The molecule has 0 radical (unpaired) electrons. The Balaban J connectivity index is 1.45. The minimum atomic E-state index is -0.681. The molecule has 0 bridgehead atoms. The van der Waals surface area contributed by atoms with Crippen molar-refractivity contribution in [1.29, 1.82) is 0 Å². The van der Waals surface area contributed by atoms with Gasteiger partial charge in [0.15, 0.2) is 16.6 Å². The number of anilines is 1. The predicted molar refractivity (Wildman–Crippen MR) is 90.4 cm³/mol. The van der Waals surface area contributed by atoms with Gasteiger partial charge in [-0.15, -0.1) is 22.7 Å². The van der Waals surface area contributed by atoms with E-state index in [4.69, 9.17) is 9.47 Å². The zero-order valence-electron chi connectivity index (χ0n) is 11.9. The molecule has 4 rings (SSSR count). The molecule has 1 aliphatic heterocycles. The van der Waals surface area contributed by atoms with E-state index in [1.165, 1.54) is 11.3 Å². The van der Waals surface area contributed by atoms with Crippen LogP contribution in [0.4, 0.5) is 5.13 Å². The van der Waals surface area contributed by atoms with Crippen LogP contribution in [0.15, 0.2) is 47.2 Å². The number of ether oxygens (including phenoxy) is 2. The van der Waals surface area contributed by atoms with Gasteiger partial charge in [-0.2, -0.15) is 0 Å². The van der Waals surface area contributed by atoms with Crippen LogP contribution < -0.4 is 14.8 Å². The number of hydrogen-bond donors (Lipinski definition) is 1. The molecule has 1 amide bonds. The van der Waals surface area contributed by atoms with E-state index in [1.807, 2.05) is 41.1 Å². The molecule has 7 heteroatoms. The summed E-state index contributed by atoms with van der Waals surface area (Å²) in [6.07, 6.45) is -0.681. The summed E-state index contributed by atoms with van der Waals surface area (Å²) in [6.45, 7) is 0.187. The topological polar surface area (TPSA) is 60.5 Å². The molecule has 0 saturated carbocycles. The van der Waals surface area contributed by atoms with Crippen molar-refractivity contribution < 1.29 is 14.3 Å². The van der Waals surface area contributed by atoms with Crippen LogP contribution in [0.2, 0.25) is 0 Å². The zero-order chi connectivity index (χ0) is 15.6. The Morgan fingerprint density at radius 2 is 2.04 bits per heavy atom. The van der Waals surface area contributed by atoms with Gasteiger partial charge in [0.2, 0.25) is 6.10 Å². The van der Waals surface area contributed by atoms with Crippen molar-refractivity contribution in [2.24, 2.45) is 0 Å². The highest BCUT2D eigenvalue weighted by atomic mass is 32.1.